The summed E-state index contributed by atoms with van der Waals surface area (Å²) in [5.41, 5.74) is 5.90. The highest BCUT2D eigenvalue weighted by atomic mass is 35.5. The Balaban J connectivity index is 1.44. The lowest BCUT2D eigenvalue weighted by molar-refractivity contribution is 0.482. The molecule has 0 aliphatic carbocycles. The van der Waals surface area contributed by atoms with Gasteiger partial charge in [0.2, 0.25) is 0 Å². The Bertz CT molecular complexity index is 1670. The van der Waals surface area contributed by atoms with Gasteiger partial charge in [0, 0.05) is 23.3 Å². The Morgan fingerprint density at radius 3 is 2.30 bits per heavy atom. The van der Waals surface area contributed by atoms with Crippen LogP contribution in [0.25, 0.3) is 5.69 Å². The molecule has 8 heteroatoms. The van der Waals surface area contributed by atoms with Gasteiger partial charge < -0.3 is 19.5 Å². The van der Waals surface area contributed by atoms with Gasteiger partial charge >= 0.3 is 0 Å². The zero-order valence-corrected chi connectivity index (χ0v) is 24.2. The third kappa shape index (κ3) is 4.83. The van der Waals surface area contributed by atoms with E-state index in [9.17, 15) is 0 Å². The van der Waals surface area contributed by atoms with E-state index in [1.54, 1.807) is 6.07 Å². The molecule has 200 valence electrons. The van der Waals surface area contributed by atoms with Crippen molar-refractivity contribution in [1.82, 2.24) is 14.9 Å². The number of benzene rings is 3. The second-order valence-electron chi connectivity index (χ2n) is 9.64. The van der Waals surface area contributed by atoms with Crippen LogP contribution in [0.5, 0.6) is 11.5 Å². The number of para-hydroxylation sites is 1. The Morgan fingerprint density at radius 2 is 1.57 bits per heavy atom. The molecule has 1 saturated heterocycles. The maximum Gasteiger partial charge on any atom is 0.174 e. The summed E-state index contributed by atoms with van der Waals surface area (Å²) in [6.07, 6.45) is 1.81. The molecule has 0 unspecified atom stereocenters. The lowest BCUT2D eigenvalue weighted by atomic mass is 9.96. The number of aryl methyl sites for hydroxylation is 1. The zero-order chi connectivity index (χ0) is 27.8. The van der Waals surface area contributed by atoms with E-state index in [2.05, 4.69) is 39.7 Å². The van der Waals surface area contributed by atoms with Crippen LogP contribution in [0.2, 0.25) is 10.0 Å². The van der Waals surface area contributed by atoms with Crippen LogP contribution < -0.4 is 15.0 Å². The molecule has 1 aliphatic heterocycles. The van der Waals surface area contributed by atoms with Gasteiger partial charge in [0.1, 0.15) is 11.5 Å². The number of ether oxygens (including phenoxy) is 1. The van der Waals surface area contributed by atoms with Crippen molar-refractivity contribution in [3.63, 3.8) is 0 Å². The van der Waals surface area contributed by atoms with Gasteiger partial charge in [0.25, 0.3) is 0 Å². The summed E-state index contributed by atoms with van der Waals surface area (Å²) in [4.78, 5) is 6.85. The molecule has 3 aromatic carbocycles. The van der Waals surface area contributed by atoms with Crippen LogP contribution >= 0.6 is 35.4 Å². The highest BCUT2D eigenvalue weighted by Crippen LogP contribution is 2.44. The average Bonchev–Trinajstić information content (AvgIpc) is 3.46. The molecule has 5 nitrogen and oxygen atoms in total. The predicted molar refractivity (Wildman–Crippen MR) is 166 cm³/mol. The fraction of sp³-hybridized carbons (Fsp3) is 0.125. The molecule has 3 heterocycles. The fourth-order valence-corrected chi connectivity index (χ4v) is 6.10. The number of aromatic nitrogens is 2. The molecule has 1 N–H and O–H groups in total. The van der Waals surface area contributed by atoms with Crippen LogP contribution in [0.1, 0.15) is 34.7 Å². The minimum absolute atomic E-state index is 0.166. The van der Waals surface area contributed by atoms with Crippen molar-refractivity contribution in [3.8, 4) is 17.2 Å². The second-order valence-corrected chi connectivity index (χ2v) is 10.8. The largest absolute Gasteiger partial charge is 0.457 e. The molecule has 0 radical (unpaired) electrons. The lowest BCUT2D eigenvalue weighted by Crippen LogP contribution is -2.29. The van der Waals surface area contributed by atoms with Gasteiger partial charge in [-0.3, -0.25) is 4.98 Å². The van der Waals surface area contributed by atoms with Gasteiger partial charge in [0.05, 0.1) is 33.5 Å². The first kappa shape index (κ1) is 26.4. The highest BCUT2D eigenvalue weighted by Gasteiger charge is 2.42. The number of hydrogen-bond acceptors (Lipinski definition) is 3. The fourth-order valence-electron chi connectivity index (χ4n) is 5.37. The van der Waals surface area contributed by atoms with Crippen LogP contribution in [0, 0.1) is 13.8 Å². The second kappa shape index (κ2) is 11.0. The van der Waals surface area contributed by atoms with E-state index in [0.29, 0.717) is 15.2 Å². The zero-order valence-electron chi connectivity index (χ0n) is 21.9. The van der Waals surface area contributed by atoms with Crippen LogP contribution in [0.15, 0.2) is 103 Å². The molecule has 6 rings (SSSR count). The average molecular weight is 586 g/mol. The summed E-state index contributed by atoms with van der Waals surface area (Å²) in [5.74, 6) is 1.54. The van der Waals surface area contributed by atoms with Crippen molar-refractivity contribution in [1.29, 1.82) is 0 Å². The summed E-state index contributed by atoms with van der Waals surface area (Å²) in [6, 6.07) is 31.2. The van der Waals surface area contributed by atoms with Crippen molar-refractivity contribution >= 4 is 46.2 Å². The standard InChI is InChI=1S/C32H26Cl2N4OS/c1-20-19-25(21(2)37(20)28-13-8-11-26(33)29(28)34)31-30(27-12-6-7-18-35-27)36-32(40)38(31)22-14-16-24(17-15-22)39-23-9-4-3-5-10-23/h3-19,30-31H,1-2H3,(H,36,40)/t30-,31+/m1/s1. The monoisotopic (exact) mass is 584 g/mol. The van der Waals surface area contributed by atoms with E-state index in [1.807, 2.05) is 91.1 Å². The van der Waals surface area contributed by atoms with E-state index in [1.165, 1.54) is 0 Å². The van der Waals surface area contributed by atoms with Gasteiger partial charge in [-0.05, 0) is 98.4 Å². The first-order chi connectivity index (χ1) is 19.4. The third-order valence-electron chi connectivity index (χ3n) is 7.15. The molecule has 2 aromatic heterocycles. The Hall–Kier alpha value is -3.84. The molecule has 1 aliphatic rings. The number of pyridine rings is 1. The van der Waals surface area contributed by atoms with Gasteiger partial charge in [0.15, 0.2) is 5.11 Å². The van der Waals surface area contributed by atoms with E-state index in [4.69, 9.17) is 40.2 Å². The molecule has 0 spiro atoms. The van der Waals surface area contributed by atoms with Gasteiger partial charge in [-0.25, -0.2) is 0 Å². The lowest BCUT2D eigenvalue weighted by Gasteiger charge is -2.28. The first-order valence-corrected chi connectivity index (χ1v) is 14.1. The SMILES string of the molecule is Cc1cc([C@H]2[C@@H](c3ccccn3)NC(=S)N2c2ccc(Oc3ccccc3)cc2)c(C)n1-c1cccc(Cl)c1Cl. The van der Waals surface area contributed by atoms with Crippen molar-refractivity contribution < 1.29 is 4.74 Å². The number of nitrogens with zero attached hydrogens (tertiary/aromatic N) is 3. The van der Waals surface area contributed by atoms with E-state index in [-0.39, 0.29) is 12.1 Å². The van der Waals surface area contributed by atoms with Crippen LogP contribution in [0.4, 0.5) is 5.69 Å². The number of hydrogen-bond donors (Lipinski definition) is 1. The number of anilines is 1. The Morgan fingerprint density at radius 1 is 0.850 bits per heavy atom. The van der Waals surface area contributed by atoms with Gasteiger partial charge in [-0.2, -0.15) is 0 Å². The summed E-state index contributed by atoms with van der Waals surface area (Å²) >= 11 is 19.0. The van der Waals surface area contributed by atoms with E-state index < -0.39 is 0 Å². The Kier molecular flexibility index (Phi) is 7.24. The van der Waals surface area contributed by atoms with Crippen LogP contribution in [-0.4, -0.2) is 14.7 Å². The van der Waals surface area contributed by atoms with Crippen molar-refractivity contribution in [2.45, 2.75) is 25.9 Å². The third-order valence-corrected chi connectivity index (χ3v) is 8.28. The predicted octanol–water partition coefficient (Wildman–Crippen LogP) is 8.77. The van der Waals surface area contributed by atoms with Gasteiger partial charge in [-0.1, -0.05) is 53.5 Å². The maximum atomic E-state index is 6.67. The number of thiocarbonyl (C=S) groups is 1. The topological polar surface area (TPSA) is 42.3 Å². The summed E-state index contributed by atoms with van der Waals surface area (Å²) in [6.45, 7) is 4.18. The molecule has 2 atom stereocenters. The maximum absolute atomic E-state index is 6.67. The molecule has 0 bridgehead atoms. The normalized spacial score (nSPS) is 16.7. The van der Waals surface area contributed by atoms with Crippen LogP contribution in [0.3, 0.4) is 0 Å². The van der Waals surface area contributed by atoms with Crippen molar-refractivity contribution in [2.75, 3.05) is 4.90 Å². The molecular weight excluding hydrogens is 559 g/mol. The van der Waals surface area contributed by atoms with Crippen molar-refractivity contribution in [2.24, 2.45) is 0 Å². The number of nitrogens with one attached hydrogen (secondary N) is 1. The first-order valence-electron chi connectivity index (χ1n) is 12.9. The van der Waals surface area contributed by atoms with Crippen molar-refractivity contribution in [3.05, 3.63) is 136 Å². The minimum atomic E-state index is -0.169. The summed E-state index contributed by atoms with van der Waals surface area (Å²) in [7, 11) is 0. The summed E-state index contributed by atoms with van der Waals surface area (Å²) in [5, 5.41) is 5.21. The highest BCUT2D eigenvalue weighted by molar-refractivity contribution is 7.80. The quantitative estimate of drug-likeness (QED) is 0.202. The molecule has 40 heavy (non-hydrogen) atoms. The summed E-state index contributed by atoms with van der Waals surface area (Å²) < 4.78 is 8.18. The number of rotatable bonds is 6. The molecule has 1 fully saturated rings. The molecule has 0 amide bonds. The van der Waals surface area contributed by atoms with E-state index >= 15 is 0 Å². The van der Waals surface area contributed by atoms with Gasteiger partial charge in [-0.15, -0.1) is 0 Å². The van der Waals surface area contributed by atoms with E-state index in [0.717, 1.165) is 45.5 Å². The minimum Gasteiger partial charge on any atom is -0.457 e. The molecule has 5 aromatic rings. The Labute approximate surface area is 249 Å². The molecular formula is C32H26Cl2N4OS. The smallest absolute Gasteiger partial charge is 0.174 e. The molecule has 0 saturated carbocycles. The number of halogens is 2. The van der Waals surface area contributed by atoms with Crippen LogP contribution in [-0.2, 0) is 0 Å².